The van der Waals surface area contributed by atoms with Gasteiger partial charge in [-0.15, -0.1) is 0 Å². The van der Waals surface area contributed by atoms with E-state index >= 15 is 0 Å². The molecule has 0 saturated carbocycles. The summed E-state index contributed by atoms with van der Waals surface area (Å²) >= 11 is 0. The molecule has 0 unspecified atom stereocenters. The summed E-state index contributed by atoms with van der Waals surface area (Å²) in [5.74, 6) is -4.02. The van der Waals surface area contributed by atoms with Crippen LogP contribution in [0.2, 0.25) is 0 Å². The predicted octanol–water partition coefficient (Wildman–Crippen LogP) is -0.737. The van der Waals surface area contributed by atoms with Crippen LogP contribution in [0.25, 0.3) is 0 Å². The summed E-state index contributed by atoms with van der Waals surface area (Å²) in [6.07, 6.45) is -0.688. The first kappa shape index (κ1) is 15.4. The van der Waals surface area contributed by atoms with Crippen molar-refractivity contribution in [1.29, 1.82) is 0 Å². The molecule has 0 saturated heterocycles. The zero-order valence-electron chi connectivity index (χ0n) is 10.2. The highest BCUT2D eigenvalue weighted by Gasteiger charge is 2.49. The minimum absolute atomic E-state index is 0.688. The van der Waals surface area contributed by atoms with Crippen LogP contribution in [-0.2, 0) is 28.6 Å². The smallest absolute Gasteiger partial charge is 0.339 e. The van der Waals surface area contributed by atoms with Crippen LogP contribution in [-0.4, -0.2) is 49.9 Å². The third kappa shape index (κ3) is 3.42. The van der Waals surface area contributed by atoms with Crippen molar-refractivity contribution < 1.29 is 33.7 Å². The van der Waals surface area contributed by atoms with E-state index in [0.29, 0.717) is 0 Å². The highest BCUT2D eigenvalue weighted by molar-refractivity contribution is 5.91. The molecule has 7 heteroatoms. The number of methoxy groups -OCH3 is 3. The molecule has 0 aliphatic heterocycles. The molecular weight excluding hydrogens is 232 g/mol. The Morgan fingerprint density at radius 2 is 1.65 bits per heavy atom. The van der Waals surface area contributed by atoms with Crippen LogP contribution in [0.1, 0.15) is 13.3 Å². The molecule has 0 aromatic rings. The Bertz CT molecular complexity index is 312. The normalized spacial score (nSPS) is 15.4. The molecule has 0 aromatic heterocycles. The molecule has 0 bridgehead atoms. The Hall–Kier alpha value is -1.63. The highest BCUT2D eigenvalue weighted by Crippen LogP contribution is 2.25. The van der Waals surface area contributed by atoms with Crippen molar-refractivity contribution in [3.05, 3.63) is 0 Å². The van der Waals surface area contributed by atoms with Gasteiger partial charge in [0.1, 0.15) is 0 Å². The fourth-order valence-corrected chi connectivity index (χ4v) is 1.24. The molecule has 0 fully saturated rings. The molecule has 7 nitrogen and oxygen atoms in total. The SMILES string of the molecule is COC(=O)C[C@@](O)(C(=O)OC)[C@H](C)C(=O)OC. The van der Waals surface area contributed by atoms with E-state index in [1.165, 1.54) is 6.92 Å². The third-order valence-electron chi connectivity index (χ3n) is 2.45. The van der Waals surface area contributed by atoms with E-state index in [1.807, 2.05) is 0 Å². The van der Waals surface area contributed by atoms with E-state index in [9.17, 15) is 19.5 Å². The molecule has 0 spiro atoms. The molecule has 0 rings (SSSR count). The zero-order chi connectivity index (χ0) is 13.6. The number of rotatable bonds is 5. The summed E-state index contributed by atoms with van der Waals surface area (Å²) in [6, 6.07) is 0. The van der Waals surface area contributed by atoms with Gasteiger partial charge in [-0.25, -0.2) is 4.79 Å². The maximum Gasteiger partial charge on any atom is 0.339 e. The summed E-state index contributed by atoms with van der Waals surface area (Å²) in [6.45, 7) is 1.26. The van der Waals surface area contributed by atoms with E-state index in [0.717, 1.165) is 21.3 Å². The van der Waals surface area contributed by atoms with Crippen LogP contribution in [0.4, 0.5) is 0 Å². The number of ether oxygens (including phenoxy) is 3. The first-order chi connectivity index (χ1) is 7.83. The molecule has 17 heavy (non-hydrogen) atoms. The lowest BCUT2D eigenvalue weighted by Gasteiger charge is -2.28. The van der Waals surface area contributed by atoms with E-state index in [1.54, 1.807) is 0 Å². The molecular formula is C10H16O7. The maximum atomic E-state index is 11.5. The molecule has 0 aliphatic carbocycles. The van der Waals surface area contributed by atoms with Crippen molar-refractivity contribution in [2.45, 2.75) is 18.9 Å². The third-order valence-corrected chi connectivity index (χ3v) is 2.45. The number of carbonyl (C=O) groups is 3. The Kier molecular flexibility index (Phi) is 5.60. The Morgan fingerprint density at radius 3 is 2.00 bits per heavy atom. The zero-order valence-corrected chi connectivity index (χ0v) is 10.2. The quantitative estimate of drug-likeness (QED) is 0.505. The minimum atomic E-state index is -2.30. The van der Waals surface area contributed by atoms with Crippen molar-refractivity contribution in [2.24, 2.45) is 5.92 Å². The van der Waals surface area contributed by atoms with Crippen LogP contribution in [0.5, 0.6) is 0 Å². The fourth-order valence-electron chi connectivity index (χ4n) is 1.24. The van der Waals surface area contributed by atoms with Gasteiger partial charge in [0.2, 0.25) is 0 Å². The van der Waals surface area contributed by atoms with E-state index < -0.39 is 35.8 Å². The second-order valence-corrected chi connectivity index (χ2v) is 3.41. The summed E-state index contributed by atoms with van der Waals surface area (Å²) in [7, 11) is 3.24. The second kappa shape index (κ2) is 6.19. The van der Waals surface area contributed by atoms with Crippen molar-refractivity contribution in [3.63, 3.8) is 0 Å². The van der Waals surface area contributed by atoms with Crippen LogP contribution in [0, 0.1) is 5.92 Å². The van der Waals surface area contributed by atoms with Gasteiger partial charge < -0.3 is 19.3 Å². The van der Waals surface area contributed by atoms with Gasteiger partial charge in [0.05, 0.1) is 33.7 Å². The van der Waals surface area contributed by atoms with Gasteiger partial charge in [0, 0.05) is 0 Å². The van der Waals surface area contributed by atoms with Gasteiger partial charge >= 0.3 is 17.9 Å². The van der Waals surface area contributed by atoms with E-state index in [4.69, 9.17) is 0 Å². The largest absolute Gasteiger partial charge is 0.469 e. The lowest BCUT2D eigenvalue weighted by atomic mass is 9.85. The van der Waals surface area contributed by atoms with Crippen molar-refractivity contribution in [3.8, 4) is 0 Å². The van der Waals surface area contributed by atoms with E-state index in [2.05, 4.69) is 14.2 Å². The first-order valence-corrected chi connectivity index (χ1v) is 4.78. The highest BCUT2D eigenvalue weighted by atomic mass is 16.6. The van der Waals surface area contributed by atoms with Gasteiger partial charge in [-0.3, -0.25) is 9.59 Å². The number of aliphatic hydroxyl groups is 1. The Labute approximate surface area is 98.6 Å². The van der Waals surface area contributed by atoms with Crippen molar-refractivity contribution >= 4 is 17.9 Å². The van der Waals surface area contributed by atoms with Gasteiger partial charge in [-0.05, 0) is 6.92 Å². The molecule has 0 heterocycles. The number of hydrogen-bond donors (Lipinski definition) is 1. The summed E-state index contributed by atoms with van der Waals surface area (Å²) in [5, 5.41) is 10.1. The van der Waals surface area contributed by atoms with Crippen LogP contribution in [0.15, 0.2) is 0 Å². The molecule has 1 N–H and O–H groups in total. The maximum absolute atomic E-state index is 11.5. The first-order valence-electron chi connectivity index (χ1n) is 4.78. The molecule has 2 atom stereocenters. The van der Waals surface area contributed by atoms with Crippen LogP contribution in [0.3, 0.4) is 0 Å². The molecule has 0 radical (unpaired) electrons. The van der Waals surface area contributed by atoms with Gasteiger partial charge in [0.25, 0.3) is 0 Å². The topological polar surface area (TPSA) is 99.1 Å². The van der Waals surface area contributed by atoms with Gasteiger partial charge in [-0.1, -0.05) is 0 Å². The Morgan fingerprint density at radius 1 is 1.12 bits per heavy atom. The lowest BCUT2D eigenvalue weighted by Crippen LogP contribution is -2.50. The molecule has 0 aromatic carbocycles. The van der Waals surface area contributed by atoms with Crippen molar-refractivity contribution in [2.75, 3.05) is 21.3 Å². The van der Waals surface area contributed by atoms with Gasteiger partial charge in [-0.2, -0.15) is 0 Å². The average Bonchev–Trinajstić information content (AvgIpc) is 2.35. The number of carbonyl (C=O) groups excluding carboxylic acids is 3. The second-order valence-electron chi connectivity index (χ2n) is 3.41. The van der Waals surface area contributed by atoms with Gasteiger partial charge in [0.15, 0.2) is 5.60 Å². The molecule has 98 valence electrons. The minimum Gasteiger partial charge on any atom is -0.469 e. The Balaban J connectivity index is 5.16. The number of hydrogen-bond acceptors (Lipinski definition) is 7. The molecule has 0 aliphatic rings. The van der Waals surface area contributed by atoms with E-state index in [-0.39, 0.29) is 0 Å². The average molecular weight is 248 g/mol. The summed E-state index contributed by atoms with van der Waals surface area (Å²) in [4.78, 5) is 33.9. The molecule has 0 amide bonds. The summed E-state index contributed by atoms with van der Waals surface area (Å²) in [5.41, 5.74) is -2.30. The monoisotopic (exact) mass is 248 g/mol. The predicted molar refractivity (Wildman–Crippen MR) is 54.8 cm³/mol. The van der Waals surface area contributed by atoms with Crippen LogP contribution >= 0.6 is 0 Å². The van der Waals surface area contributed by atoms with Crippen molar-refractivity contribution in [1.82, 2.24) is 0 Å². The van der Waals surface area contributed by atoms with Crippen LogP contribution < -0.4 is 0 Å². The fraction of sp³-hybridized carbons (Fsp3) is 0.700. The number of esters is 3. The summed E-state index contributed by atoms with van der Waals surface area (Å²) < 4.78 is 13.1. The standard InChI is InChI=1S/C10H16O7/c1-6(8(12)16-3)10(14,9(13)17-4)5-7(11)15-2/h6,14H,5H2,1-4H3/t6-,10+/m1/s1. The lowest BCUT2D eigenvalue weighted by molar-refractivity contribution is -0.182.